The molecule has 1 aliphatic heterocycles. The van der Waals surface area contributed by atoms with Crippen LogP contribution in [0.2, 0.25) is 0 Å². The molecule has 3 atom stereocenters. The molecule has 8 heteroatoms. The molecule has 2 amide bonds. The third-order valence-corrected chi connectivity index (χ3v) is 10.0. The standard InChI is InChI=1S/C34H47N5O3/c1-22(2)39-31-29(20-36-39)27(18-30(38-31)26-14-12-13-25(17-26)21-40)32(41)35-19-28-23(3)34(24(4)37-33(28)42)15-10-8-6-5-7-9-11-16-34/h12-14,17-18,20,22-24,28,40H,5-11,15-16,19,21H2,1-4H3,(H,35,41)(H,37,42). The fourth-order valence-electron chi connectivity index (χ4n) is 7.42. The molecule has 0 radical (unpaired) electrons. The number of aliphatic hydroxyl groups is 1. The first kappa shape index (κ1) is 30.2. The molecule has 5 rings (SSSR count). The lowest BCUT2D eigenvalue weighted by atomic mass is 9.58. The zero-order valence-corrected chi connectivity index (χ0v) is 25.7. The number of piperidine rings is 1. The predicted octanol–water partition coefficient (Wildman–Crippen LogP) is 6.18. The summed E-state index contributed by atoms with van der Waals surface area (Å²) < 4.78 is 1.83. The van der Waals surface area contributed by atoms with Gasteiger partial charge in [0.05, 0.1) is 35.4 Å². The second kappa shape index (κ2) is 12.9. The molecule has 3 aromatic rings. The van der Waals surface area contributed by atoms with Crippen LogP contribution in [0.25, 0.3) is 22.3 Å². The van der Waals surface area contributed by atoms with E-state index in [0.29, 0.717) is 22.3 Å². The van der Waals surface area contributed by atoms with Crippen molar-refractivity contribution >= 4 is 22.8 Å². The first-order chi connectivity index (χ1) is 20.2. The number of carbonyl (C=O) groups is 2. The molecule has 2 aromatic heterocycles. The van der Waals surface area contributed by atoms with E-state index in [2.05, 4.69) is 29.6 Å². The summed E-state index contributed by atoms with van der Waals surface area (Å²) >= 11 is 0. The zero-order chi connectivity index (χ0) is 29.9. The number of hydrogen-bond acceptors (Lipinski definition) is 5. The predicted molar refractivity (Wildman–Crippen MR) is 166 cm³/mol. The number of pyridine rings is 1. The number of nitrogens with zero attached hydrogens (tertiary/aromatic N) is 3. The fraction of sp³-hybridized carbons (Fsp3) is 0.588. The molecule has 8 nitrogen and oxygen atoms in total. The monoisotopic (exact) mass is 573 g/mol. The van der Waals surface area contributed by atoms with E-state index in [9.17, 15) is 14.7 Å². The molecule has 226 valence electrons. The highest BCUT2D eigenvalue weighted by atomic mass is 16.3. The van der Waals surface area contributed by atoms with E-state index < -0.39 is 0 Å². The highest BCUT2D eigenvalue weighted by molar-refractivity contribution is 6.06. The van der Waals surface area contributed by atoms with Crippen LogP contribution < -0.4 is 10.6 Å². The van der Waals surface area contributed by atoms with E-state index in [1.54, 1.807) is 12.3 Å². The molecule has 42 heavy (non-hydrogen) atoms. The van der Waals surface area contributed by atoms with Gasteiger partial charge >= 0.3 is 0 Å². The molecule has 1 spiro atoms. The van der Waals surface area contributed by atoms with E-state index in [4.69, 9.17) is 4.98 Å². The van der Waals surface area contributed by atoms with Crippen molar-refractivity contribution in [3.63, 3.8) is 0 Å². The fourth-order valence-corrected chi connectivity index (χ4v) is 7.42. The summed E-state index contributed by atoms with van der Waals surface area (Å²) in [7, 11) is 0. The minimum atomic E-state index is -0.287. The van der Waals surface area contributed by atoms with E-state index in [1.807, 2.05) is 42.8 Å². The lowest BCUT2D eigenvalue weighted by molar-refractivity contribution is -0.137. The third-order valence-electron chi connectivity index (χ3n) is 10.0. The SMILES string of the molecule is CC(C)n1ncc2c(C(=O)NCC3C(=O)NC(C)C4(CCCCCCCCC4)C3C)cc(-c3cccc(CO)c3)nc21. The highest BCUT2D eigenvalue weighted by Crippen LogP contribution is 2.48. The van der Waals surface area contributed by atoms with Crippen molar-refractivity contribution in [1.82, 2.24) is 25.4 Å². The molecule has 1 saturated heterocycles. The summed E-state index contributed by atoms with van der Waals surface area (Å²) in [4.78, 5) is 32.1. The Kier molecular flexibility index (Phi) is 9.31. The summed E-state index contributed by atoms with van der Waals surface area (Å²) in [5, 5.41) is 21.4. The Balaban J connectivity index is 1.43. The Bertz CT molecular complexity index is 1400. The van der Waals surface area contributed by atoms with Gasteiger partial charge in [-0.15, -0.1) is 0 Å². The Hall–Kier alpha value is -3.26. The molecule has 3 N–H and O–H groups in total. The summed E-state index contributed by atoms with van der Waals surface area (Å²) in [6, 6.07) is 9.55. The number of rotatable bonds is 6. The molecule has 2 aliphatic rings. The number of benzene rings is 1. The van der Waals surface area contributed by atoms with E-state index in [1.165, 1.54) is 44.9 Å². The third kappa shape index (κ3) is 5.96. The van der Waals surface area contributed by atoms with Crippen molar-refractivity contribution < 1.29 is 14.7 Å². The van der Waals surface area contributed by atoms with Gasteiger partial charge in [-0.1, -0.05) is 70.1 Å². The van der Waals surface area contributed by atoms with Crippen LogP contribution in [0.3, 0.4) is 0 Å². The number of carbonyl (C=O) groups excluding carboxylic acids is 2. The van der Waals surface area contributed by atoms with Gasteiger partial charge in [-0.2, -0.15) is 5.10 Å². The molecule has 1 saturated carbocycles. The van der Waals surface area contributed by atoms with Crippen molar-refractivity contribution in [2.45, 2.75) is 104 Å². The highest BCUT2D eigenvalue weighted by Gasteiger charge is 2.50. The van der Waals surface area contributed by atoms with Crippen molar-refractivity contribution in [3.05, 3.63) is 47.7 Å². The van der Waals surface area contributed by atoms with Crippen molar-refractivity contribution in [3.8, 4) is 11.3 Å². The second-order valence-electron chi connectivity index (χ2n) is 12.9. The van der Waals surface area contributed by atoms with Crippen LogP contribution in [-0.4, -0.2) is 44.3 Å². The summed E-state index contributed by atoms with van der Waals surface area (Å²) in [6.45, 7) is 8.70. The maximum absolute atomic E-state index is 13.9. The number of amides is 2. The average molecular weight is 574 g/mol. The Labute approximate surface area is 249 Å². The van der Waals surface area contributed by atoms with Crippen molar-refractivity contribution in [1.29, 1.82) is 0 Å². The van der Waals surface area contributed by atoms with Gasteiger partial charge in [0.25, 0.3) is 5.91 Å². The van der Waals surface area contributed by atoms with Crippen molar-refractivity contribution in [2.24, 2.45) is 17.3 Å². The first-order valence-electron chi connectivity index (χ1n) is 15.9. The molecular formula is C34H47N5O3. The Morgan fingerprint density at radius 2 is 1.79 bits per heavy atom. The summed E-state index contributed by atoms with van der Waals surface area (Å²) in [6.07, 6.45) is 12.8. The van der Waals surface area contributed by atoms with Gasteiger partial charge < -0.3 is 15.7 Å². The number of aliphatic hydroxyl groups excluding tert-OH is 1. The summed E-state index contributed by atoms with van der Waals surface area (Å²) in [5.41, 5.74) is 3.42. The molecule has 1 aliphatic carbocycles. The topological polar surface area (TPSA) is 109 Å². The lowest BCUT2D eigenvalue weighted by Crippen LogP contribution is -2.61. The number of nitrogens with one attached hydrogen (secondary N) is 2. The average Bonchev–Trinajstić information content (AvgIpc) is 3.43. The quantitative estimate of drug-likeness (QED) is 0.326. The maximum atomic E-state index is 13.9. The van der Waals surface area contributed by atoms with Gasteiger partial charge in [-0.25, -0.2) is 9.67 Å². The minimum absolute atomic E-state index is 0.0343. The molecular weight excluding hydrogens is 526 g/mol. The van der Waals surface area contributed by atoms with Gasteiger partial charge in [0.2, 0.25) is 5.91 Å². The molecule has 1 aromatic carbocycles. The van der Waals surface area contributed by atoms with Crippen LogP contribution in [0.4, 0.5) is 0 Å². The first-order valence-corrected chi connectivity index (χ1v) is 15.9. The van der Waals surface area contributed by atoms with Crippen LogP contribution in [0.15, 0.2) is 36.5 Å². The minimum Gasteiger partial charge on any atom is -0.392 e. The number of fused-ring (bicyclic) bond motifs is 1. The van der Waals surface area contributed by atoms with E-state index in [-0.39, 0.29) is 54.3 Å². The van der Waals surface area contributed by atoms with Gasteiger partial charge in [0.1, 0.15) is 0 Å². The molecule has 0 bridgehead atoms. The smallest absolute Gasteiger partial charge is 0.252 e. The van der Waals surface area contributed by atoms with Crippen LogP contribution in [-0.2, 0) is 11.4 Å². The number of aromatic nitrogens is 3. The van der Waals surface area contributed by atoms with Crippen LogP contribution in [0, 0.1) is 17.3 Å². The summed E-state index contributed by atoms with van der Waals surface area (Å²) in [5.74, 6) is -0.320. The van der Waals surface area contributed by atoms with Crippen molar-refractivity contribution in [2.75, 3.05) is 6.54 Å². The molecule has 2 fully saturated rings. The molecule has 3 unspecified atom stereocenters. The van der Waals surface area contributed by atoms with Crippen LogP contribution >= 0.6 is 0 Å². The number of hydrogen-bond donors (Lipinski definition) is 3. The largest absolute Gasteiger partial charge is 0.392 e. The zero-order valence-electron chi connectivity index (χ0n) is 25.7. The van der Waals surface area contributed by atoms with Gasteiger partial charge in [-0.3, -0.25) is 9.59 Å². The lowest BCUT2D eigenvalue weighted by Gasteiger charge is -2.51. The van der Waals surface area contributed by atoms with E-state index in [0.717, 1.165) is 24.0 Å². The van der Waals surface area contributed by atoms with E-state index >= 15 is 0 Å². The van der Waals surface area contributed by atoms with Gasteiger partial charge in [0, 0.05) is 24.2 Å². The van der Waals surface area contributed by atoms with Gasteiger partial charge in [0.15, 0.2) is 5.65 Å². The second-order valence-corrected chi connectivity index (χ2v) is 12.9. The Morgan fingerprint density at radius 1 is 1.10 bits per heavy atom. The normalized spacial score (nSPS) is 23.2. The van der Waals surface area contributed by atoms with Crippen LogP contribution in [0.1, 0.15) is 107 Å². The van der Waals surface area contributed by atoms with Crippen LogP contribution in [0.5, 0.6) is 0 Å². The Morgan fingerprint density at radius 3 is 2.45 bits per heavy atom. The van der Waals surface area contributed by atoms with Gasteiger partial charge in [-0.05, 0) is 62.6 Å². The maximum Gasteiger partial charge on any atom is 0.252 e. The molecule has 3 heterocycles.